The van der Waals surface area contributed by atoms with Crippen LogP contribution in [-0.4, -0.2) is 55.4 Å². The number of hydrogen-bond acceptors (Lipinski definition) is 5. The lowest BCUT2D eigenvalue weighted by molar-refractivity contribution is -0.141. The Kier molecular flexibility index (Phi) is 6.39. The van der Waals surface area contributed by atoms with E-state index in [0.29, 0.717) is 44.8 Å². The molecule has 1 amide bonds. The molecule has 4 rings (SSSR count). The minimum atomic E-state index is -4.50. The first-order chi connectivity index (χ1) is 15.2. The number of carbonyl (C=O) groups excluding carboxylic acids is 1. The molecule has 0 aliphatic carbocycles. The molecule has 6 nitrogen and oxygen atoms in total. The summed E-state index contributed by atoms with van der Waals surface area (Å²) in [5, 5.41) is 2.91. The topological polar surface area (TPSA) is 63.7 Å². The van der Waals surface area contributed by atoms with E-state index >= 15 is 0 Å². The molecular weight excluding hydrogens is 423 g/mol. The Bertz CT molecular complexity index is 951. The predicted octanol–water partition coefficient (Wildman–Crippen LogP) is 3.59. The fourth-order valence-electron chi connectivity index (χ4n) is 4.13. The highest BCUT2D eigenvalue weighted by atomic mass is 19.4. The van der Waals surface area contributed by atoms with Crippen LogP contribution < -0.4 is 10.2 Å². The zero-order valence-electron chi connectivity index (χ0n) is 17.8. The summed E-state index contributed by atoms with van der Waals surface area (Å²) in [5.74, 6) is 0.0888. The molecule has 9 heteroatoms. The predicted molar refractivity (Wildman–Crippen MR) is 113 cm³/mol. The van der Waals surface area contributed by atoms with Crippen LogP contribution in [0.2, 0.25) is 0 Å². The van der Waals surface area contributed by atoms with Gasteiger partial charge in [0.25, 0.3) is 5.91 Å². The van der Waals surface area contributed by atoms with E-state index in [1.54, 1.807) is 23.1 Å². The van der Waals surface area contributed by atoms with Crippen molar-refractivity contribution in [2.24, 2.45) is 0 Å². The largest absolute Gasteiger partial charge is 0.433 e. The van der Waals surface area contributed by atoms with Crippen LogP contribution in [0, 0.1) is 6.92 Å². The van der Waals surface area contributed by atoms with Gasteiger partial charge in [0.15, 0.2) is 0 Å². The van der Waals surface area contributed by atoms with Gasteiger partial charge in [-0.2, -0.15) is 13.2 Å². The van der Waals surface area contributed by atoms with E-state index in [9.17, 15) is 18.0 Å². The Balaban J connectivity index is 1.39. The highest BCUT2D eigenvalue weighted by Gasteiger charge is 2.43. The maximum Gasteiger partial charge on any atom is 0.433 e. The van der Waals surface area contributed by atoms with Gasteiger partial charge in [-0.15, -0.1) is 0 Å². The number of nitrogens with one attached hydrogen (secondary N) is 1. The number of aryl methyl sites for hydroxylation is 1. The number of benzene rings is 1. The van der Waals surface area contributed by atoms with Crippen LogP contribution in [0.5, 0.6) is 0 Å². The smallest absolute Gasteiger partial charge is 0.377 e. The Hall–Kier alpha value is -2.65. The van der Waals surface area contributed by atoms with Crippen molar-refractivity contribution in [1.29, 1.82) is 0 Å². The van der Waals surface area contributed by atoms with Gasteiger partial charge in [0.05, 0.1) is 25.9 Å². The summed E-state index contributed by atoms with van der Waals surface area (Å²) in [4.78, 5) is 18.0. The second kappa shape index (κ2) is 9.07. The summed E-state index contributed by atoms with van der Waals surface area (Å²) >= 11 is 0. The van der Waals surface area contributed by atoms with Crippen molar-refractivity contribution >= 4 is 11.7 Å². The number of ether oxygens (including phenoxy) is 2. The zero-order chi connectivity index (χ0) is 22.8. The van der Waals surface area contributed by atoms with Crippen molar-refractivity contribution < 1.29 is 27.4 Å². The van der Waals surface area contributed by atoms with Crippen LogP contribution in [0.4, 0.5) is 19.0 Å². The van der Waals surface area contributed by atoms with E-state index in [-0.39, 0.29) is 17.8 Å². The molecule has 3 heterocycles. The third kappa shape index (κ3) is 5.21. The van der Waals surface area contributed by atoms with Crippen LogP contribution in [0.3, 0.4) is 0 Å². The Labute approximate surface area is 184 Å². The standard InChI is InChI=1S/C23H26F3N3O3/c1-16-5-7-17(8-6-16)21(30)27-13-18-9-10-22(32-18)14-29(11-12-31-15-22)20-4-2-3-19(28-20)23(24,25)26/h2-8,18H,9-15H2,1H3,(H,27,30)/t18-,22+/m0/s1. The molecule has 1 spiro atoms. The number of anilines is 1. The van der Waals surface area contributed by atoms with Gasteiger partial charge < -0.3 is 19.7 Å². The van der Waals surface area contributed by atoms with Gasteiger partial charge in [0, 0.05) is 18.7 Å². The van der Waals surface area contributed by atoms with Gasteiger partial charge in [0.1, 0.15) is 17.1 Å². The van der Waals surface area contributed by atoms with Gasteiger partial charge in [0.2, 0.25) is 0 Å². The zero-order valence-corrected chi connectivity index (χ0v) is 17.8. The quantitative estimate of drug-likeness (QED) is 0.773. The molecule has 0 radical (unpaired) electrons. The van der Waals surface area contributed by atoms with Gasteiger partial charge >= 0.3 is 6.18 Å². The summed E-state index contributed by atoms with van der Waals surface area (Å²) in [5.41, 5.74) is 0.100. The molecule has 2 aromatic rings. The normalized spacial score (nSPS) is 23.9. The molecule has 172 valence electrons. The second-order valence-corrected chi connectivity index (χ2v) is 8.39. The minimum Gasteiger partial charge on any atom is -0.377 e. The van der Waals surface area contributed by atoms with E-state index in [4.69, 9.17) is 9.47 Å². The average Bonchev–Trinajstić information content (AvgIpc) is 3.04. The lowest BCUT2D eigenvalue weighted by Gasteiger charge is -2.32. The van der Waals surface area contributed by atoms with Gasteiger partial charge in [-0.05, 0) is 44.0 Å². The summed E-state index contributed by atoms with van der Waals surface area (Å²) in [6, 6.07) is 11.2. The van der Waals surface area contributed by atoms with Crippen LogP contribution in [0.1, 0.15) is 34.5 Å². The van der Waals surface area contributed by atoms with Crippen molar-refractivity contribution in [2.75, 3.05) is 37.7 Å². The van der Waals surface area contributed by atoms with Crippen molar-refractivity contribution in [1.82, 2.24) is 10.3 Å². The van der Waals surface area contributed by atoms with E-state index in [2.05, 4.69) is 10.3 Å². The molecule has 2 saturated heterocycles. The number of rotatable bonds is 4. The number of amides is 1. The van der Waals surface area contributed by atoms with Crippen molar-refractivity contribution in [3.05, 3.63) is 59.3 Å². The van der Waals surface area contributed by atoms with E-state index in [1.807, 2.05) is 19.1 Å². The molecular formula is C23H26F3N3O3. The molecule has 1 aromatic heterocycles. The van der Waals surface area contributed by atoms with Crippen LogP contribution >= 0.6 is 0 Å². The molecule has 0 saturated carbocycles. The molecule has 0 bridgehead atoms. The molecule has 32 heavy (non-hydrogen) atoms. The first-order valence-electron chi connectivity index (χ1n) is 10.6. The first-order valence-corrected chi connectivity index (χ1v) is 10.6. The third-order valence-electron chi connectivity index (χ3n) is 5.84. The van der Waals surface area contributed by atoms with Crippen molar-refractivity contribution in [3.63, 3.8) is 0 Å². The molecule has 1 aromatic carbocycles. The van der Waals surface area contributed by atoms with Crippen molar-refractivity contribution in [2.45, 2.75) is 37.6 Å². The van der Waals surface area contributed by atoms with Crippen LogP contribution in [0.15, 0.2) is 42.5 Å². The fraction of sp³-hybridized carbons (Fsp3) is 0.478. The van der Waals surface area contributed by atoms with Crippen LogP contribution in [0.25, 0.3) is 0 Å². The Morgan fingerprint density at radius 3 is 2.78 bits per heavy atom. The minimum absolute atomic E-state index is 0.165. The summed E-state index contributed by atoms with van der Waals surface area (Å²) in [7, 11) is 0. The number of pyridine rings is 1. The Morgan fingerprint density at radius 1 is 1.25 bits per heavy atom. The highest BCUT2D eigenvalue weighted by molar-refractivity contribution is 5.94. The molecule has 2 fully saturated rings. The molecule has 1 N–H and O–H groups in total. The van der Waals surface area contributed by atoms with E-state index < -0.39 is 17.5 Å². The molecule has 2 aliphatic heterocycles. The maximum absolute atomic E-state index is 13.1. The lowest BCUT2D eigenvalue weighted by atomic mass is 10.00. The molecule has 2 aliphatic rings. The number of halogens is 3. The number of nitrogens with zero attached hydrogens (tertiary/aromatic N) is 2. The van der Waals surface area contributed by atoms with E-state index in [1.165, 1.54) is 6.07 Å². The molecule has 2 atom stereocenters. The first kappa shape index (κ1) is 22.5. The molecule has 0 unspecified atom stereocenters. The SMILES string of the molecule is Cc1ccc(C(=O)NC[C@@H]2CC[C@@]3(COCCN(c4cccc(C(F)(F)F)n4)C3)O2)cc1. The summed E-state index contributed by atoms with van der Waals surface area (Å²) in [6.45, 7) is 3.84. The number of hydrogen-bond donors (Lipinski definition) is 1. The lowest BCUT2D eigenvalue weighted by Crippen LogP contribution is -2.46. The van der Waals surface area contributed by atoms with Gasteiger partial charge in [-0.3, -0.25) is 4.79 Å². The van der Waals surface area contributed by atoms with Crippen LogP contribution in [-0.2, 0) is 15.7 Å². The van der Waals surface area contributed by atoms with Gasteiger partial charge in [-0.25, -0.2) is 4.98 Å². The monoisotopic (exact) mass is 449 g/mol. The van der Waals surface area contributed by atoms with Crippen molar-refractivity contribution in [3.8, 4) is 0 Å². The summed E-state index contributed by atoms with van der Waals surface area (Å²) in [6.07, 6.45) is -3.28. The maximum atomic E-state index is 13.1. The number of aromatic nitrogens is 1. The average molecular weight is 449 g/mol. The van der Waals surface area contributed by atoms with E-state index in [0.717, 1.165) is 18.1 Å². The Morgan fingerprint density at radius 2 is 2.03 bits per heavy atom. The number of alkyl halides is 3. The number of carbonyl (C=O) groups is 1. The third-order valence-corrected chi connectivity index (χ3v) is 5.84. The summed E-state index contributed by atoms with van der Waals surface area (Å²) < 4.78 is 51.3. The second-order valence-electron chi connectivity index (χ2n) is 8.39. The fourth-order valence-corrected chi connectivity index (χ4v) is 4.13. The highest BCUT2D eigenvalue weighted by Crippen LogP contribution is 2.35. The van der Waals surface area contributed by atoms with Gasteiger partial charge in [-0.1, -0.05) is 23.8 Å².